The van der Waals surface area contributed by atoms with Gasteiger partial charge in [0.15, 0.2) is 5.65 Å². The highest BCUT2D eigenvalue weighted by Gasteiger charge is 2.11. The molecule has 3 aromatic rings. The van der Waals surface area contributed by atoms with E-state index in [1.54, 1.807) is 20.4 Å². The number of aromatic amines is 1. The molecule has 21 heavy (non-hydrogen) atoms. The third-order valence-corrected chi connectivity index (χ3v) is 3.22. The Morgan fingerprint density at radius 2 is 1.86 bits per heavy atom. The van der Waals surface area contributed by atoms with Gasteiger partial charge in [-0.1, -0.05) is 0 Å². The second-order valence-corrected chi connectivity index (χ2v) is 4.66. The molecule has 0 saturated heterocycles. The van der Waals surface area contributed by atoms with E-state index in [0.717, 1.165) is 28.3 Å². The molecule has 0 amide bonds. The van der Waals surface area contributed by atoms with Crippen LogP contribution in [0, 0.1) is 6.92 Å². The summed E-state index contributed by atoms with van der Waals surface area (Å²) >= 11 is 0. The van der Waals surface area contributed by atoms with Crippen molar-refractivity contribution in [2.45, 2.75) is 13.2 Å². The van der Waals surface area contributed by atoms with Crippen molar-refractivity contribution >= 4 is 11.2 Å². The minimum atomic E-state index is -0.455. The summed E-state index contributed by atoms with van der Waals surface area (Å²) in [5, 5.41) is 0. The van der Waals surface area contributed by atoms with Crippen molar-refractivity contribution in [2.75, 3.05) is 14.2 Å². The Hall–Kier alpha value is -2.31. The zero-order valence-electron chi connectivity index (χ0n) is 12.1. The molecule has 0 aliphatic heterocycles. The topological polar surface area (TPSA) is 72.9 Å². The second kappa shape index (κ2) is 5.59. The van der Waals surface area contributed by atoms with Crippen LogP contribution in [-0.2, 0) is 9.47 Å². The lowest BCUT2D eigenvalue weighted by molar-refractivity contribution is -0.108. The summed E-state index contributed by atoms with van der Waals surface area (Å²) in [5.41, 5.74) is 4.12. The van der Waals surface area contributed by atoms with Crippen LogP contribution in [0.4, 0.5) is 0 Å². The highest BCUT2D eigenvalue weighted by atomic mass is 16.7. The van der Waals surface area contributed by atoms with Crippen LogP contribution in [-0.4, -0.2) is 34.2 Å². The lowest BCUT2D eigenvalue weighted by atomic mass is 10.1. The van der Waals surface area contributed by atoms with Gasteiger partial charge < -0.3 is 14.5 Å². The van der Waals surface area contributed by atoms with E-state index in [-0.39, 0.29) is 0 Å². The number of pyridine rings is 2. The van der Waals surface area contributed by atoms with Gasteiger partial charge in [-0.3, -0.25) is 4.98 Å². The van der Waals surface area contributed by atoms with Gasteiger partial charge in [0.05, 0.1) is 16.9 Å². The van der Waals surface area contributed by atoms with Crippen molar-refractivity contribution in [2.24, 2.45) is 0 Å². The Bertz CT molecular complexity index is 748. The van der Waals surface area contributed by atoms with Crippen molar-refractivity contribution in [1.82, 2.24) is 19.9 Å². The van der Waals surface area contributed by atoms with Crippen LogP contribution in [0.5, 0.6) is 0 Å². The smallest absolute Gasteiger partial charge is 0.200 e. The molecule has 0 aliphatic carbocycles. The molecule has 6 nitrogen and oxygen atoms in total. The number of hydrogen-bond donors (Lipinski definition) is 1. The molecule has 1 N–H and O–H groups in total. The van der Waals surface area contributed by atoms with Crippen molar-refractivity contribution in [3.8, 4) is 11.3 Å². The highest BCUT2D eigenvalue weighted by Crippen LogP contribution is 2.21. The van der Waals surface area contributed by atoms with E-state index in [1.807, 2.05) is 31.2 Å². The Morgan fingerprint density at radius 3 is 2.52 bits per heavy atom. The van der Waals surface area contributed by atoms with Gasteiger partial charge in [0, 0.05) is 26.0 Å². The zero-order valence-corrected chi connectivity index (χ0v) is 12.1. The van der Waals surface area contributed by atoms with Gasteiger partial charge in [-0.15, -0.1) is 0 Å². The number of rotatable bonds is 4. The second-order valence-electron chi connectivity index (χ2n) is 4.66. The zero-order chi connectivity index (χ0) is 14.8. The van der Waals surface area contributed by atoms with E-state index in [4.69, 9.17) is 9.47 Å². The fourth-order valence-electron chi connectivity index (χ4n) is 2.21. The highest BCUT2D eigenvalue weighted by molar-refractivity contribution is 5.75. The average Bonchev–Trinajstić information content (AvgIpc) is 2.88. The van der Waals surface area contributed by atoms with Crippen molar-refractivity contribution < 1.29 is 9.47 Å². The molecule has 0 bridgehead atoms. The summed E-state index contributed by atoms with van der Waals surface area (Å²) in [6.07, 6.45) is 1.30. The van der Waals surface area contributed by atoms with Gasteiger partial charge in [-0.25, -0.2) is 9.97 Å². The van der Waals surface area contributed by atoms with Gasteiger partial charge in [0.1, 0.15) is 5.82 Å². The fourth-order valence-corrected chi connectivity index (χ4v) is 2.21. The van der Waals surface area contributed by atoms with E-state index in [0.29, 0.717) is 5.65 Å². The largest absolute Gasteiger partial charge is 0.350 e. The number of fused-ring (bicyclic) bond motifs is 1. The molecule has 0 saturated carbocycles. The fraction of sp³-hybridized carbons (Fsp3) is 0.267. The van der Waals surface area contributed by atoms with Gasteiger partial charge >= 0.3 is 0 Å². The number of methoxy groups -OCH3 is 2. The maximum atomic E-state index is 5.18. The van der Waals surface area contributed by atoms with Crippen LogP contribution in [0.2, 0.25) is 0 Å². The molecule has 0 aromatic carbocycles. The lowest BCUT2D eigenvalue weighted by Crippen LogP contribution is -2.05. The molecule has 3 rings (SSSR count). The van der Waals surface area contributed by atoms with Crippen LogP contribution in [0.15, 0.2) is 30.5 Å². The van der Waals surface area contributed by atoms with Crippen LogP contribution < -0.4 is 0 Å². The summed E-state index contributed by atoms with van der Waals surface area (Å²) in [6.45, 7) is 1.91. The Kier molecular flexibility index (Phi) is 3.64. The maximum Gasteiger partial charge on any atom is 0.200 e. The third-order valence-electron chi connectivity index (χ3n) is 3.22. The average molecular weight is 284 g/mol. The third kappa shape index (κ3) is 2.63. The van der Waals surface area contributed by atoms with Crippen LogP contribution in [0.3, 0.4) is 0 Å². The van der Waals surface area contributed by atoms with Gasteiger partial charge in [0.25, 0.3) is 0 Å². The number of H-pyrrole nitrogens is 1. The summed E-state index contributed by atoms with van der Waals surface area (Å²) in [4.78, 5) is 16.4. The first kappa shape index (κ1) is 13.7. The summed E-state index contributed by atoms with van der Waals surface area (Å²) < 4.78 is 10.4. The van der Waals surface area contributed by atoms with Crippen LogP contribution in [0.1, 0.15) is 17.8 Å². The number of hydrogen-bond acceptors (Lipinski definition) is 5. The quantitative estimate of drug-likeness (QED) is 0.745. The summed E-state index contributed by atoms with van der Waals surface area (Å²) in [5.74, 6) is 0.853. The van der Waals surface area contributed by atoms with E-state index >= 15 is 0 Å². The van der Waals surface area contributed by atoms with Crippen molar-refractivity contribution in [3.05, 3.63) is 42.0 Å². The molecule has 0 aliphatic rings. The van der Waals surface area contributed by atoms with Crippen LogP contribution >= 0.6 is 0 Å². The van der Waals surface area contributed by atoms with Crippen molar-refractivity contribution in [3.63, 3.8) is 0 Å². The lowest BCUT2D eigenvalue weighted by Gasteiger charge is -2.12. The number of ether oxygens (including phenoxy) is 2. The Balaban J connectivity index is 1.94. The molecule has 3 heterocycles. The number of imidazole rings is 1. The van der Waals surface area contributed by atoms with Gasteiger partial charge in [-0.05, 0) is 31.2 Å². The molecular weight excluding hydrogens is 268 g/mol. The molecule has 3 aromatic heterocycles. The number of nitrogens with zero attached hydrogens (tertiary/aromatic N) is 3. The molecule has 108 valence electrons. The first-order valence-electron chi connectivity index (χ1n) is 6.56. The summed E-state index contributed by atoms with van der Waals surface area (Å²) in [7, 11) is 3.16. The molecule has 0 spiro atoms. The molecule has 0 radical (unpaired) electrons. The van der Waals surface area contributed by atoms with E-state index in [2.05, 4.69) is 19.9 Å². The molecule has 0 atom stereocenters. The number of nitrogens with one attached hydrogen (secondary N) is 1. The molecule has 0 fully saturated rings. The van der Waals surface area contributed by atoms with Crippen LogP contribution in [0.25, 0.3) is 22.4 Å². The first-order chi connectivity index (χ1) is 10.2. The maximum absolute atomic E-state index is 5.18. The first-order valence-corrected chi connectivity index (χ1v) is 6.56. The van der Waals surface area contributed by atoms with Gasteiger partial charge in [0.2, 0.25) is 6.29 Å². The number of aromatic nitrogens is 4. The van der Waals surface area contributed by atoms with Crippen molar-refractivity contribution in [1.29, 1.82) is 0 Å². The normalized spacial score (nSPS) is 11.4. The van der Waals surface area contributed by atoms with E-state index in [1.165, 1.54) is 0 Å². The monoisotopic (exact) mass is 284 g/mol. The molecular formula is C15H16N4O2. The molecule has 0 unspecified atom stereocenters. The predicted molar refractivity (Wildman–Crippen MR) is 78.6 cm³/mol. The standard InChI is InChI=1S/C15H16N4O2/c1-9-17-12-7-6-11(19-14(12)18-9)10-4-5-13(16-8-10)15(20-2)21-3/h4-8,15H,1-3H3,(H,17,18,19). The predicted octanol–water partition coefficient (Wildman–Crippen LogP) is 2.62. The van der Waals surface area contributed by atoms with Gasteiger partial charge in [-0.2, -0.15) is 0 Å². The summed E-state index contributed by atoms with van der Waals surface area (Å²) in [6, 6.07) is 7.73. The minimum absolute atomic E-state index is 0.455. The Labute approximate surface area is 122 Å². The SMILES string of the molecule is COC(OC)c1ccc(-c2ccc3[nH]c(C)nc3n2)cn1. The Morgan fingerprint density at radius 1 is 1.05 bits per heavy atom. The van der Waals surface area contributed by atoms with E-state index < -0.39 is 6.29 Å². The molecule has 6 heteroatoms. The number of aryl methyl sites for hydroxylation is 1. The minimum Gasteiger partial charge on any atom is -0.350 e. The van der Waals surface area contributed by atoms with E-state index in [9.17, 15) is 0 Å².